The summed E-state index contributed by atoms with van der Waals surface area (Å²) in [6.07, 6.45) is 1.11. The van der Waals surface area contributed by atoms with Gasteiger partial charge in [-0.05, 0) is 29.7 Å². The molecule has 1 aliphatic heterocycles. The van der Waals surface area contributed by atoms with Crippen LogP contribution in [-0.2, 0) is 13.0 Å². The molecule has 0 bridgehead atoms. The molecule has 88 valence electrons. The van der Waals surface area contributed by atoms with E-state index in [1.807, 2.05) is 0 Å². The van der Waals surface area contributed by atoms with Crippen LogP contribution in [0.15, 0.2) is 22.7 Å². The highest BCUT2D eigenvalue weighted by molar-refractivity contribution is 9.10. The highest BCUT2D eigenvalue weighted by Crippen LogP contribution is 2.17. The number of hydrogen-bond acceptors (Lipinski definition) is 2. The number of benzene rings is 1. The number of aryl methyl sites for hydroxylation is 1. The van der Waals surface area contributed by atoms with Crippen molar-refractivity contribution in [1.82, 2.24) is 10.2 Å². The maximum atomic E-state index is 3.59. The van der Waals surface area contributed by atoms with Crippen molar-refractivity contribution in [2.45, 2.75) is 19.9 Å². The molecular formula is C13H19BrN2. The SMILES string of the molecule is CCc1cc(Br)cc(CN2CCNCC2)c1. The zero-order chi connectivity index (χ0) is 11.4. The molecule has 0 spiro atoms. The molecule has 1 aliphatic rings. The first-order valence-corrected chi connectivity index (χ1v) is 6.78. The van der Waals surface area contributed by atoms with Gasteiger partial charge in [0.15, 0.2) is 0 Å². The second-order valence-electron chi connectivity index (χ2n) is 4.35. The number of halogens is 1. The first-order valence-electron chi connectivity index (χ1n) is 5.99. The first-order chi connectivity index (χ1) is 7.78. The number of nitrogens with one attached hydrogen (secondary N) is 1. The molecule has 0 radical (unpaired) electrons. The van der Waals surface area contributed by atoms with Crippen LogP contribution in [0.3, 0.4) is 0 Å². The fraction of sp³-hybridized carbons (Fsp3) is 0.538. The summed E-state index contributed by atoms with van der Waals surface area (Å²) in [6.45, 7) is 7.84. The predicted molar refractivity (Wildman–Crippen MR) is 71.7 cm³/mol. The molecule has 0 aliphatic carbocycles. The molecule has 1 N–H and O–H groups in total. The summed E-state index contributed by atoms with van der Waals surface area (Å²) in [5.74, 6) is 0. The second kappa shape index (κ2) is 5.80. The van der Waals surface area contributed by atoms with E-state index < -0.39 is 0 Å². The molecule has 2 rings (SSSR count). The lowest BCUT2D eigenvalue weighted by molar-refractivity contribution is 0.233. The van der Waals surface area contributed by atoms with Gasteiger partial charge in [-0.2, -0.15) is 0 Å². The van der Waals surface area contributed by atoms with E-state index in [1.54, 1.807) is 0 Å². The van der Waals surface area contributed by atoms with Gasteiger partial charge in [-0.1, -0.05) is 28.9 Å². The molecule has 0 atom stereocenters. The van der Waals surface area contributed by atoms with E-state index in [4.69, 9.17) is 0 Å². The van der Waals surface area contributed by atoms with Crippen LogP contribution in [0, 0.1) is 0 Å². The quantitative estimate of drug-likeness (QED) is 0.916. The van der Waals surface area contributed by atoms with Crippen LogP contribution in [0.25, 0.3) is 0 Å². The summed E-state index contributed by atoms with van der Waals surface area (Å²) in [5.41, 5.74) is 2.84. The lowest BCUT2D eigenvalue weighted by Gasteiger charge is -2.27. The van der Waals surface area contributed by atoms with Crippen molar-refractivity contribution in [1.29, 1.82) is 0 Å². The number of hydrogen-bond donors (Lipinski definition) is 1. The summed E-state index contributed by atoms with van der Waals surface area (Å²) in [7, 11) is 0. The van der Waals surface area contributed by atoms with Crippen molar-refractivity contribution in [2.75, 3.05) is 26.2 Å². The summed E-state index contributed by atoms with van der Waals surface area (Å²) >= 11 is 3.59. The van der Waals surface area contributed by atoms with Crippen LogP contribution < -0.4 is 5.32 Å². The van der Waals surface area contributed by atoms with E-state index in [0.717, 1.165) is 39.1 Å². The van der Waals surface area contributed by atoms with Gasteiger partial charge < -0.3 is 5.32 Å². The number of piperazine rings is 1. The van der Waals surface area contributed by atoms with Crippen LogP contribution in [0.1, 0.15) is 18.1 Å². The van der Waals surface area contributed by atoms with Crippen LogP contribution in [0.2, 0.25) is 0 Å². The monoisotopic (exact) mass is 282 g/mol. The van der Waals surface area contributed by atoms with Crippen molar-refractivity contribution < 1.29 is 0 Å². The molecule has 1 heterocycles. The van der Waals surface area contributed by atoms with Gasteiger partial charge in [0.2, 0.25) is 0 Å². The molecular weight excluding hydrogens is 264 g/mol. The topological polar surface area (TPSA) is 15.3 Å². The normalized spacial score (nSPS) is 17.6. The molecule has 0 aromatic heterocycles. The number of nitrogens with zero attached hydrogens (tertiary/aromatic N) is 1. The lowest BCUT2D eigenvalue weighted by atomic mass is 10.1. The Morgan fingerprint density at radius 1 is 1.19 bits per heavy atom. The largest absolute Gasteiger partial charge is 0.314 e. The Kier molecular flexibility index (Phi) is 4.38. The van der Waals surface area contributed by atoms with Gasteiger partial charge in [0.05, 0.1) is 0 Å². The van der Waals surface area contributed by atoms with Crippen LogP contribution in [0.5, 0.6) is 0 Å². The zero-order valence-electron chi connectivity index (χ0n) is 9.80. The second-order valence-corrected chi connectivity index (χ2v) is 5.26. The van der Waals surface area contributed by atoms with Crippen LogP contribution in [0.4, 0.5) is 0 Å². The van der Waals surface area contributed by atoms with Crippen LogP contribution in [-0.4, -0.2) is 31.1 Å². The molecule has 1 saturated heterocycles. The van der Waals surface area contributed by atoms with Crippen molar-refractivity contribution in [2.24, 2.45) is 0 Å². The van der Waals surface area contributed by atoms with Gasteiger partial charge in [-0.15, -0.1) is 0 Å². The Hall–Kier alpha value is -0.380. The van der Waals surface area contributed by atoms with Gasteiger partial charge in [-0.3, -0.25) is 4.90 Å². The molecule has 2 nitrogen and oxygen atoms in total. The van der Waals surface area contributed by atoms with Gasteiger partial charge in [0, 0.05) is 37.2 Å². The Labute approximate surface area is 106 Å². The first kappa shape index (κ1) is 12.1. The van der Waals surface area contributed by atoms with Crippen molar-refractivity contribution >= 4 is 15.9 Å². The zero-order valence-corrected chi connectivity index (χ0v) is 11.4. The maximum Gasteiger partial charge on any atom is 0.0235 e. The molecule has 3 heteroatoms. The standard InChI is InChI=1S/C13H19BrN2/c1-2-11-7-12(9-13(14)8-11)10-16-5-3-15-4-6-16/h7-9,15H,2-6,10H2,1H3. The highest BCUT2D eigenvalue weighted by Gasteiger charge is 2.10. The maximum absolute atomic E-state index is 3.59. The van der Waals surface area contributed by atoms with Crippen molar-refractivity contribution in [3.05, 3.63) is 33.8 Å². The number of rotatable bonds is 3. The predicted octanol–water partition coefficient (Wildman–Crippen LogP) is 2.42. The minimum Gasteiger partial charge on any atom is -0.314 e. The van der Waals surface area contributed by atoms with Crippen molar-refractivity contribution in [3.8, 4) is 0 Å². The Morgan fingerprint density at radius 2 is 1.88 bits per heavy atom. The van der Waals surface area contributed by atoms with E-state index >= 15 is 0 Å². The molecule has 16 heavy (non-hydrogen) atoms. The fourth-order valence-corrected chi connectivity index (χ4v) is 2.73. The van der Waals surface area contributed by atoms with E-state index in [2.05, 4.69) is 51.3 Å². The third-order valence-corrected chi connectivity index (χ3v) is 3.50. The summed E-state index contributed by atoms with van der Waals surface area (Å²) in [5, 5.41) is 3.38. The molecule has 0 unspecified atom stereocenters. The Balaban J connectivity index is 2.04. The van der Waals surface area contributed by atoms with Gasteiger partial charge in [0.1, 0.15) is 0 Å². The molecule has 0 saturated carbocycles. The third-order valence-electron chi connectivity index (χ3n) is 3.04. The third kappa shape index (κ3) is 3.30. The van der Waals surface area contributed by atoms with E-state index in [1.165, 1.54) is 15.6 Å². The van der Waals surface area contributed by atoms with Crippen LogP contribution >= 0.6 is 15.9 Å². The Bertz CT molecular complexity index is 346. The van der Waals surface area contributed by atoms with Gasteiger partial charge in [-0.25, -0.2) is 0 Å². The van der Waals surface area contributed by atoms with Crippen molar-refractivity contribution in [3.63, 3.8) is 0 Å². The lowest BCUT2D eigenvalue weighted by Crippen LogP contribution is -2.42. The minimum absolute atomic E-state index is 1.08. The highest BCUT2D eigenvalue weighted by atomic mass is 79.9. The molecule has 1 fully saturated rings. The van der Waals surface area contributed by atoms with E-state index in [0.29, 0.717) is 0 Å². The summed E-state index contributed by atoms with van der Waals surface area (Å²) < 4.78 is 1.21. The minimum atomic E-state index is 1.08. The van der Waals surface area contributed by atoms with Gasteiger partial charge >= 0.3 is 0 Å². The molecule has 1 aromatic carbocycles. The molecule has 0 amide bonds. The summed E-state index contributed by atoms with van der Waals surface area (Å²) in [6, 6.07) is 6.77. The molecule has 1 aromatic rings. The summed E-state index contributed by atoms with van der Waals surface area (Å²) in [4.78, 5) is 2.51. The smallest absolute Gasteiger partial charge is 0.0235 e. The van der Waals surface area contributed by atoms with E-state index in [-0.39, 0.29) is 0 Å². The van der Waals surface area contributed by atoms with Gasteiger partial charge in [0.25, 0.3) is 0 Å². The fourth-order valence-electron chi connectivity index (χ4n) is 2.14. The Morgan fingerprint density at radius 3 is 2.56 bits per heavy atom. The average Bonchev–Trinajstić information content (AvgIpc) is 2.29. The average molecular weight is 283 g/mol. The van der Waals surface area contributed by atoms with E-state index in [9.17, 15) is 0 Å².